The van der Waals surface area contributed by atoms with Crippen LogP contribution in [0.25, 0.3) is 0 Å². The van der Waals surface area contributed by atoms with Crippen molar-refractivity contribution in [3.05, 3.63) is 53.6 Å². The molecule has 1 amide bonds. The summed E-state index contributed by atoms with van der Waals surface area (Å²) in [5.41, 5.74) is 2.87. The number of nitrogens with zero attached hydrogens (tertiary/aromatic N) is 1. The van der Waals surface area contributed by atoms with Crippen LogP contribution in [-0.4, -0.2) is 25.8 Å². The monoisotopic (exact) mass is 338 g/mol. The fourth-order valence-corrected chi connectivity index (χ4v) is 3.31. The number of carbonyl (C=O) groups excluding carboxylic acids is 1. The van der Waals surface area contributed by atoms with Crippen LogP contribution in [0.5, 0.6) is 11.5 Å². The van der Waals surface area contributed by atoms with Crippen LogP contribution in [0.2, 0.25) is 0 Å². The number of piperidine rings is 1. The van der Waals surface area contributed by atoms with E-state index < -0.39 is 0 Å². The lowest BCUT2D eigenvalue weighted by molar-refractivity contribution is 0.0951. The van der Waals surface area contributed by atoms with Crippen molar-refractivity contribution in [1.82, 2.24) is 5.32 Å². The van der Waals surface area contributed by atoms with Crippen molar-refractivity contribution in [3.8, 4) is 11.5 Å². The van der Waals surface area contributed by atoms with Crippen LogP contribution in [0.15, 0.2) is 42.5 Å². The summed E-state index contributed by atoms with van der Waals surface area (Å²) < 4.78 is 10.7. The lowest BCUT2D eigenvalue weighted by Crippen LogP contribution is -2.29. The SMILES string of the molecule is O=C(NCc1ccc2c(c1)OCO2)c1ccc(N2CCCCC2)cc1. The van der Waals surface area contributed by atoms with E-state index in [1.54, 1.807) is 0 Å². The molecule has 25 heavy (non-hydrogen) atoms. The van der Waals surface area contributed by atoms with Gasteiger partial charge in [-0.2, -0.15) is 0 Å². The van der Waals surface area contributed by atoms with E-state index in [9.17, 15) is 4.79 Å². The van der Waals surface area contributed by atoms with Crippen LogP contribution in [0, 0.1) is 0 Å². The molecular formula is C20H22N2O3. The van der Waals surface area contributed by atoms with Crippen molar-refractivity contribution in [3.63, 3.8) is 0 Å². The Bertz CT molecular complexity index is 752. The number of hydrogen-bond acceptors (Lipinski definition) is 4. The number of anilines is 1. The molecule has 2 aromatic carbocycles. The van der Waals surface area contributed by atoms with Gasteiger partial charge in [-0.15, -0.1) is 0 Å². The molecule has 0 aliphatic carbocycles. The van der Waals surface area contributed by atoms with Gasteiger partial charge in [-0.3, -0.25) is 4.79 Å². The van der Waals surface area contributed by atoms with Gasteiger partial charge in [-0.25, -0.2) is 0 Å². The average Bonchev–Trinajstić information content (AvgIpc) is 3.15. The summed E-state index contributed by atoms with van der Waals surface area (Å²) in [6, 6.07) is 13.6. The van der Waals surface area contributed by atoms with Crippen LogP contribution in [-0.2, 0) is 6.54 Å². The number of amides is 1. The third kappa shape index (κ3) is 3.55. The molecule has 130 valence electrons. The Hall–Kier alpha value is -2.69. The summed E-state index contributed by atoms with van der Waals surface area (Å²) in [7, 11) is 0. The number of hydrogen-bond donors (Lipinski definition) is 1. The molecule has 2 aromatic rings. The maximum absolute atomic E-state index is 12.4. The van der Waals surface area contributed by atoms with Crippen molar-refractivity contribution < 1.29 is 14.3 Å². The van der Waals surface area contributed by atoms with Crippen molar-refractivity contribution in [2.24, 2.45) is 0 Å². The molecule has 0 aromatic heterocycles. The van der Waals surface area contributed by atoms with E-state index in [4.69, 9.17) is 9.47 Å². The molecule has 0 radical (unpaired) electrons. The molecule has 2 aliphatic heterocycles. The predicted molar refractivity (Wildman–Crippen MR) is 96.2 cm³/mol. The van der Waals surface area contributed by atoms with Crippen molar-refractivity contribution >= 4 is 11.6 Å². The highest BCUT2D eigenvalue weighted by Gasteiger charge is 2.14. The number of fused-ring (bicyclic) bond motifs is 1. The zero-order valence-corrected chi connectivity index (χ0v) is 14.2. The summed E-state index contributed by atoms with van der Waals surface area (Å²) in [4.78, 5) is 14.7. The van der Waals surface area contributed by atoms with Crippen molar-refractivity contribution in [1.29, 1.82) is 0 Å². The Morgan fingerprint density at radius 2 is 1.72 bits per heavy atom. The van der Waals surface area contributed by atoms with Crippen molar-refractivity contribution in [2.75, 3.05) is 24.8 Å². The largest absolute Gasteiger partial charge is 0.454 e. The molecule has 1 fully saturated rings. The average molecular weight is 338 g/mol. The topological polar surface area (TPSA) is 50.8 Å². The normalized spacial score (nSPS) is 15.9. The van der Waals surface area contributed by atoms with E-state index in [1.165, 1.54) is 24.9 Å². The van der Waals surface area contributed by atoms with E-state index in [2.05, 4.69) is 10.2 Å². The van der Waals surface area contributed by atoms with Gasteiger partial charge in [0.2, 0.25) is 6.79 Å². The summed E-state index contributed by atoms with van der Waals surface area (Å²) >= 11 is 0. The molecule has 0 unspecified atom stereocenters. The van der Waals surface area contributed by atoms with Gasteiger partial charge in [0.15, 0.2) is 11.5 Å². The van der Waals surface area contributed by atoms with Gasteiger partial charge in [0.25, 0.3) is 5.91 Å². The maximum atomic E-state index is 12.4. The first-order valence-electron chi connectivity index (χ1n) is 8.81. The molecule has 5 heteroatoms. The summed E-state index contributed by atoms with van der Waals surface area (Å²) in [6.45, 7) is 2.93. The molecule has 1 saturated heterocycles. The highest BCUT2D eigenvalue weighted by Crippen LogP contribution is 2.32. The van der Waals surface area contributed by atoms with Gasteiger partial charge in [-0.1, -0.05) is 6.07 Å². The van der Waals surface area contributed by atoms with Gasteiger partial charge in [0.05, 0.1) is 0 Å². The first-order valence-corrected chi connectivity index (χ1v) is 8.81. The molecule has 2 aliphatic rings. The second-order valence-electron chi connectivity index (χ2n) is 6.46. The van der Waals surface area contributed by atoms with Gasteiger partial charge in [-0.05, 0) is 61.2 Å². The number of rotatable bonds is 4. The lowest BCUT2D eigenvalue weighted by atomic mass is 10.1. The molecule has 1 N–H and O–H groups in total. The van der Waals surface area contributed by atoms with Gasteiger partial charge < -0.3 is 19.7 Å². The zero-order chi connectivity index (χ0) is 17.1. The molecule has 0 bridgehead atoms. The first kappa shape index (κ1) is 15.8. The molecule has 2 heterocycles. The van der Waals surface area contributed by atoms with Crippen LogP contribution in [0.1, 0.15) is 35.2 Å². The smallest absolute Gasteiger partial charge is 0.251 e. The Morgan fingerprint density at radius 3 is 2.52 bits per heavy atom. The predicted octanol–water partition coefficient (Wildman–Crippen LogP) is 3.34. The van der Waals surface area contributed by atoms with Crippen LogP contribution >= 0.6 is 0 Å². The van der Waals surface area contributed by atoms with E-state index >= 15 is 0 Å². The molecule has 4 rings (SSSR count). The zero-order valence-electron chi connectivity index (χ0n) is 14.2. The van der Waals surface area contributed by atoms with E-state index in [0.717, 1.165) is 30.2 Å². The third-order valence-corrected chi connectivity index (χ3v) is 4.74. The Labute approximate surface area is 147 Å². The van der Waals surface area contributed by atoms with Crippen LogP contribution < -0.4 is 19.7 Å². The van der Waals surface area contributed by atoms with Gasteiger partial charge in [0, 0.05) is 30.9 Å². The third-order valence-electron chi connectivity index (χ3n) is 4.74. The summed E-state index contributed by atoms with van der Waals surface area (Å²) in [5.74, 6) is 1.42. The Kier molecular flexibility index (Phi) is 4.46. The molecule has 0 atom stereocenters. The quantitative estimate of drug-likeness (QED) is 0.929. The van der Waals surface area contributed by atoms with Crippen molar-refractivity contribution in [2.45, 2.75) is 25.8 Å². The first-order chi connectivity index (χ1) is 12.3. The van der Waals surface area contributed by atoms with Gasteiger partial charge in [0.1, 0.15) is 0 Å². The Morgan fingerprint density at radius 1 is 0.960 bits per heavy atom. The fourth-order valence-electron chi connectivity index (χ4n) is 3.31. The second kappa shape index (κ2) is 7.05. The van der Waals surface area contributed by atoms with Crippen LogP contribution in [0.4, 0.5) is 5.69 Å². The Balaban J connectivity index is 1.36. The molecule has 0 spiro atoms. The van der Waals surface area contributed by atoms with Gasteiger partial charge >= 0.3 is 0 Å². The maximum Gasteiger partial charge on any atom is 0.251 e. The van der Waals surface area contributed by atoms with E-state index in [-0.39, 0.29) is 12.7 Å². The van der Waals surface area contributed by atoms with E-state index in [0.29, 0.717) is 12.1 Å². The standard InChI is InChI=1S/C20H22N2O3/c23-20(21-13-15-4-9-18-19(12-15)25-14-24-18)16-5-7-17(8-6-16)22-10-2-1-3-11-22/h4-9,12H,1-3,10-11,13-14H2,(H,21,23). The molecular weight excluding hydrogens is 316 g/mol. The van der Waals surface area contributed by atoms with E-state index in [1.807, 2.05) is 42.5 Å². The highest BCUT2D eigenvalue weighted by molar-refractivity contribution is 5.94. The minimum atomic E-state index is -0.0668. The number of ether oxygens (including phenoxy) is 2. The number of nitrogens with one attached hydrogen (secondary N) is 1. The summed E-state index contributed by atoms with van der Waals surface area (Å²) in [5, 5.41) is 2.96. The lowest BCUT2D eigenvalue weighted by Gasteiger charge is -2.28. The number of benzene rings is 2. The minimum Gasteiger partial charge on any atom is -0.454 e. The molecule has 0 saturated carbocycles. The highest BCUT2D eigenvalue weighted by atomic mass is 16.7. The minimum absolute atomic E-state index is 0.0668. The summed E-state index contributed by atoms with van der Waals surface area (Å²) in [6.07, 6.45) is 3.81. The fraction of sp³-hybridized carbons (Fsp3) is 0.350. The number of carbonyl (C=O) groups is 1. The molecule has 5 nitrogen and oxygen atoms in total. The van der Waals surface area contributed by atoms with Crippen LogP contribution in [0.3, 0.4) is 0 Å². The second-order valence-corrected chi connectivity index (χ2v) is 6.46.